The first-order chi connectivity index (χ1) is 11.5. The number of hydrogen-bond donors (Lipinski definition) is 1. The molecule has 3 rings (SSSR count). The number of aromatic nitrogens is 3. The van der Waals surface area contributed by atoms with Gasteiger partial charge in [-0.2, -0.15) is 4.98 Å². The second kappa shape index (κ2) is 6.82. The van der Waals surface area contributed by atoms with Crippen LogP contribution in [0.2, 0.25) is 0 Å². The molecule has 0 saturated carbocycles. The van der Waals surface area contributed by atoms with Crippen molar-refractivity contribution in [3.63, 3.8) is 0 Å². The Kier molecular flexibility index (Phi) is 4.59. The van der Waals surface area contributed by atoms with Crippen LogP contribution in [0.5, 0.6) is 0 Å². The summed E-state index contributed by atoms with van der Waals surface area (Å²) in [5.74, 6) is 1.55. The van der Waals surface area contributed by atoms with E-state index in [0.29, 0.717) is 25.6 Å². The molecule has 2 aromatic rings. The quantitative estimate of drug-likeness (QED) is 0.917. The minimum absolute atomic E-state index is 0.0775. The topological polar surface area (TPSA) is 74.2 Å². The van der Waals surface area contributed by atoms with E-state index in [-0.39, 0.29) is 5.91 Å². The van der Waals surface area contributed by atoms with E-state index >= 15 is 0 Å². The number of nitrogens with one attached hydrogen (secondary N) is 1. The third-order valence-corrected chi connectivity index (χ3v) is 4.06. The molecule has 0 radical (unpaired) electrons. The van der Waals surface area contributed by atoms with E-state index < -0.39 is 0 Å². The van der Waals surface area contributed by atoms with Gasteiger partial charge in [0.25, 0.3) is 0 Å². The lowest BCUT2D eigenvalue weighted by Gasteiger charge is -2.29. The summed E-state index contributed by atoms with van der Waals surface area (Å²) in [5.41, 5.74) is 2.96. The average Bonchev–Trinajstić information content (AvgIpc) is 2.59. The first-order valence-corrected chi connectivity index (χ1v) is 8.01. The molecule has 1 amide bonds. The Morgan fingerprint density at radius 3 is 2.83 bits per heavy atom. The Morgan fingerprint density at radius 1 is 1.33 bits per heavy atom. The SMILES string of the molecule is CC(=O)N1CCc2c(nc(N(C)C)nc2NCc2ccccn2)C1. The molecule has 0 atom stereocenters. The van der Waals surface area contributed by atoms with Crippen molar-refractivity contribution in [1.29, 1.82) is 0 Å². The molecule has 1 aliphatic rings. The predicted molar refractivity (Wildman–Crippen MR) is 92.7 cm³/mol. The predicted octanol–water partition coefficient (Wildman–Crippen LogP) is 1.45. The van der Waals surface area contributed by atoms with E-state index in [2.05, 4.69) is 20.3 Å². The zero-order valence-corrected chi connectivity index (χ0v) is 14.3. The summed E-state index contributed by atoms with van der Waals surface area (Å²) in [4.78, 5) is 29.0. The van der Waals surface area contributed by atoms with Gasteiger partial charge in [-0.25, -0.2) is 4.98 Å². The Hall–Kier alpha value is -2.70. The lowest BCUT2D eigenvalue weighted by atomic mass is 10.1. The first kappa shape index (κ1) is 16.2. The number of amides is 1. The maximum absolute atomic E-state index is 11.7. The minimum atomic E-state index is 0.0775. The maximum Gasteiger partial charge on any atom is 0.227 e. The second-order valence-electron chi connectivity index (χ2n) is 6.06. The smallest absolute Gasteiger partial charge is 0.227 e. The van der Waals surface area contributed by atoms with Crippen LogP contribution in [0.4, 0.5) is 11.8 Å². The van der Waals surface area contributed by atoms with Crippen molar-refractivity contribution in [2.75, 3.05) is 30.9 Å². The van der Waals surface area contributed by atoms with Gasteiger partial charge in [-0.15, -0.1) is 0 Å². The lowest BCUT2D eigenvalue weighted by molar-refractivity contribution is -0.129. The molecule has 0 aliphatic carbocycles. The zero-order valence-electron chi connectivity index (χ0n) is 14.3. The van der Waals surface area contributed by atoms with Crippen molar-refractivity contribution in [2.24, 2.45) is 0 Å². The molecule has 0 saturated heterocycles. The normalized spacial score (nSPS) is 13.4. The first-order valence-electron chi connectivity index (χ1n) is 8.01. The maximum atomic E-state index is 11.7. The Labute approximate surface area is 141 Å². The van der Waals surface area contributed by atoms with Crippen molar-refractivity contribution in [3.8, 4) is 0 Å². The second-order valence-corrected chi connectivity index (χ2v) is 6.06. The molecule has 0 bridgehead atoms. The molecular formula is C17H22N6O. The van der Waals surface area contributed by atoms with E-state index in [1.165, 1.54) is 0 Å². The van der Waals surface area contributed by atoms with E-state index in [4.69, 9.17) is 0 Å². The molecule has 0 unspecified atom stereocenters. The minimum Gasteiger partial charge on any atom is -0.364 e. The van der Waals surface area contributed by atoms with Crippen LogP contribution in [-0.4, -0.2) is 46.4 Å². The molecule has 7 nitrogen and oxygen atoms in total. The number of pyridine rings is 1. The van der Waals surface area contributed by atoms with Crippen molar-refractivity contribution in [3.05, 3.63) is 41.3 Å². The van der Waals surface area contributed by atoms with Gasteiger partial charge in [-0.05, 0) is 18.6 Å². The molecule has 0 fully saturated rings. The van der Waals surface area contributed by atoms with Gasteiger partial charge in [-0.1, -0.05) is 6.07 Å². The number of carbonyl (C=O) groups excluding carboxylic acids is 1. The Morgan fingerprint density at radius 2 is 2.17 bits per heavy atom. The number of anilines is 2. The van der Waals surface area contributed by atoms with E-state index in [1.807, 2.05) is 42.1 Å². The molecule has 1 N–H and O–H groups in total. The Bertz CT molecular complexity index is 731. The van der Waals surface area contributed by atoms with Gasteiger partial charge in [0.2, 0.25) is 11.9 Å². The number of carbonyl (C=O) groups is 1. The van der Waals surface area contributed by atoms with Crippen LogP contribution < -0.4 is 10.2 Å². The fraction of sp³-hybridized carbons (Fsp3) is 0.412. The fourth-order valence-electron chi connectivity index (χ4n) is 2.71. The summed E-state index contributed by atoms with van der Waals surface area (Å²) >= 11 is 0. The highest BCUT2D eigenvalue weighted by Crippen LogP contribution is 2.26. The van der Waals surface area contributed by atoms with Crippen LogP contribution in [0, 0.1) is 0 Å². The van der Waals surface area contributed by atoms with Gasteiger partial charge in [-0.3, -0.25) is 9.78 Å². The highest BCUT2D eigenvalue weighted by Gasteiger charge is 2.24. The van der Waals surface area contributed by atoms with Crippen LogP contribution in [0.15, 0.2) is 24.4 Å². The van der Waals surface area contributed by atoms with Crippen molar-refractivity contribution in [2.45, 2.75) is 26.4 Å². The van der Waals surface area contributed by atoms with E-state index in [0.717, 1.165) is 29.2 Å². The third-order valence-electron chi connectivity index (χ3n) is 4.06. The summed E-state index contributed by atoms with van der Waals surface area (Å²) in [6.45, 7) is 3.43. The Balaban J connectivity index is 1.89. The van der Waals surface area contributed by atoms with Crippen LogP contribution in [-0.2, 0) is 24.3 Å². The van der Waals surface area contributed by atoms with Gasteiger partial charge in [0.15, 0.2) is 0 Å². The van der Waals surface area contributed by atoms with Gasteiger partial charge in [0.05, 0.1) is 24.5 Å². The monoisotopic (exact) mass is 326 g/mol. The van der Waals surface area contributed by atoms with Gasteiger partial charge in [0.1, 0.15) is 5.82 Å². The van der Waals surface area contributed by atoms with E-state index in [1.54, 1.807) is 13.1 Å². The van der Waals surface area contributed by atoms with Crippen molar-refractivity contribution in [1.82, 2.24) is 19.9 Å². The highest BCUT2D eigenvalue weighted by atomic mass is 16.2. The fourth-order valence-corrected chi connectivity index (χ4v) is 2.71. The molecular weight excluding hydrogens is 304 g/mol. The highest BCUT2D eigenvalue weighted by molar-refractivity contribution is 5.73. The molecule has 0 aromatic carbocycles. The van der Waals surface area contributed by atoms with Crippen LogP contribution >= 0.6 is 0 Å². The third kappa shape index (κ3) is 3.45. The zero-order chi connectivity index (χ0) is 17.1. The van der Waals surface area contributed by atoms with Gasteiger partial charge >= 0.3 is 0 Å². The van der Waals surface area contributed by atoms with Gasteiger partial charge < -0.3 is 15.1 Å². The molecule has 24 heavy (non-hydrogen) atoms. The number of hydrogen-bond acceptors (Lipinski definition) is 6. The molecule has 126 valence electrons. The molecule has 3 heterocycles. The van der Waals surface area contributed by atoms with Crippen LogP contribution in [0.25, 0.3) is 0 Å². The largest absolute Gasteiger partial charge is 0.364 e. The standard InChI is InChI=1S/C17H22N6O/c1-12(24)23-9-7-14-15(11-23)20-17(22(2)3)21-16(14)19-10-13-6-4-5-8-18-13/h4-6,8H,7,9-11H2,1-3H3,(H,19,20,21). The number of fused-ring (bicyclic) bond motifs is 1. The number of nitrogens with zero attached hydrogens (tertiary/aromatic N) is 5. The van der Waals surface area contributed by atoms with Crippen molar-refractivity contribution < 1.29 is 4.79 Å². The summed E-state index contributed by atoms with van der Waals surface area (Å²) in [6, 6.07) is 5.84. The average molecular weight is 326 g/mol. The molecule has 7 heteroatoms. The van der Waals surface area contributed by atoms with Crippen LogP contribution in [0.3, 0.4) is 0 Å². The summed E-state index contributed by atoms with van der Waals surface area (Å²) in [6.07, 6.45) is 2.54. The lowest BCUT2D eigenvalue weighted by Crippen LogP contribution is -2.35. The van der Waals surface area contributed by atoms with Crippen LogP contribution in [0.1, 0.15) is 23.9 Å². The number of rotatable bonds is 4. The molecule has 2 aromatic heterocycles. The van der Waals surface area contributed by atoms with Gasteiger partial charge in [0, 0.05) is 39.3 Å². The summed E-state index contributed by atoms with van der Waals surface area (Å²) < 4.78 is 0. The molecule has 0 spiro atoms. The summed E-state index contributed by atoms with van der Waals surface area (Å²) in [5, 5.41) is 3.38. The summed E-state index contributed by atoms with van der Waals surface area (Å²) in [7, 11) is 3.83. The van der Waals surface area contributed by atoms with E-state index in [9.17, 15) is 4.79 Å². The van der Waals surface area contributed by atoms with Crippen molar-refractivity contribution >= 4 is 17.7 Å². The molecule has 1 aliphatic heterocycles.